The van der Waals surface area contributed by atoms with Crippen molar-refractivity contribution in [1.82, 2.24) is 10.6 Å². The summed E-state index contributed by atoms with van der Waals surface area (Å²) in [5, 5.41) is 14.1. The second-order valence-electron chi connectivity index (χ2n) is 4.68. The minimum atomic E-state index is -0.884. The van der Waals surface area contributed by atoms with Gasteiger partial charge >= 0.3 is 12.1 Å². The van der Waals surface area contributed by atoms with E-state index < -0.39 is 23.7 Å². The summed E-state index contributed by atoms with van der Waals surface area (Å²) in [7, 11) is 0. The highest BCUT2D eigenvalue weighted by atomic mass is 16.6. The molecule has 0 aliphatic heterocycles. The normalized spacial score (nSPS) is 12.9. The van der Waals surface area contributed by atoms with Crippen molar-refractivity contribution in [3.05, 3.63) is 0 Å². The highest BCUT2D eigenvalue weighted by Gasteiger charge is 2.16. The minimum Gasteiger partial charge on any atom is -0.480 e. The van der Waals surface area contributed by atoms with Crippen LogP contribution in [-0.2, 0) is 9.53 Å². The number of carboxylic acids is 1. The second kappa shape index (κ2) is 7.11. The van der Waals surface area contributed by atoms with Crippen molar-refractivity contribution in [2.75, 3.05) is 13.1 Å². The van der Waals surface area contributed by atoms with E-state index in [1.54, 1.807) is 27.7 Å². The van der Waals surface area contributed by atoms with Crippen LogP contribution in [0.5, 0.6) is 0 Å². The van der Waals surface area contributed by atoms with Crippen LogP contribution in [0.2, 0.25) is 0 Å². The Morgan fingerprint density at radius 3 is 2.29 bits per heavy atom. The van der Waals surface area contributed by atoms with E-state index in [1.165, 1.54) is 0 Å². The lowest BCUT2D eigenvalue weighted by atomic mass is 10.2. The number of carbonyl (C=O) groups is 2. The van der Waals surface area contributed by atoms with Gasteiger partial charge in [0.25, 0.3) is 0 Å². The molecule has 0 spiro atoms. The Morgan fingerprint density at radius 2 is 1.88 bits per heavy atom. The minimum absolute atomic E-state index is 0.332. The maximum atomic E-state index is 11.2. The summed E-state index contributed by atoms with van der Waals surface area (Å²) in [5.74, 6) is -0.884. The third-order valence-corrected chi connectivity index (χ3v) is 1.89. The van der Waals surface area contributed by atoms with E-state index in [4.69, 9.17) is 9.84 Å². The summed E-state index contributed by atoms with van der Waals surface area (Å²) < 4.78 is 5.02. The maximum absolute atomic E-state index is 11.2. The first-order valence-corrected chi connectivity index (χ1v) is 5.69. The van der Waals surface area contributed by atoms with E-state index in [2.05, 4.69) is 10.6 Å². The van der Waals surface area contributed by atoms with Crippen LogP contribution in [-0.4, -0.2) is 41.9 Å². The van der Waals surface area contributed by atoms with Gasteiger partial charge in [-0.2, -0.15) is 0 Å². The molecular weight excluding hydrogens is 224 g/mol. The molecule has 0 aromatic rings. The number of carbonyl (C=O) groups excluding carboxylic acids is 1. The number of ether oxygens (including phenoxy) is 1. The fourth-order valence-electron chi connectivity index (χ4n) is 1.13. The molecule has 0 saturated carbocycles. The molecule has 1 atom stereocenters. The van der Waals surface area contributed by atoms with Gasteiger partial charge in [0.05, 0.1) is 0 Å². The van der Waals surface area contributed by atoms with Gasteiger partial charge in [-0.25, -0.2) is 4.79 Å². The number of nitrogens with one attached hydrogen (secondary N) is 2. The Hall–Kier alpha value is -1.30. The molecular formula is C11H22N2O4. The molecule has 0 aromatic heterocycles. The Balaban J connectivity index is 3.71. The SMILES string of the molecule is CCC(NCCNC(=O)OC(C)(C)C)C(=O)O. The molecule has 100 valence electrons. The number of carboxylic acid groups (broad SMARTS) is 1. The molecule has 1 unspecified atom stereocenters. The van der Waals surface area contributed by atoms with Crippen LogP contribution in [0.25, 0.3) is 0 Å². The van der Waals surface area contributed by atoms with Crippen molar-refractivity contribution in [2.45, 2.75) is 45.8 Å². The molecule has 0 heterocycles. The van der Waals surface area contributed by atoms with Gasteiger partial charge in [0.1, 0.15) is 11.6 Å². The fraction of sp³-hybridized carbons (Fsp3) is 0.818. The zero-order chi connectivity index (χ0) is 13.5. The topological polar surface area (TPSA) is 87.7 Å². The van der Waals surface area contributed by atoms with E-state index in [-0.39, 0.29) is 0 Å². The molecule has 17 heavy (non-hydrogen) atoms. The predicted molar refractivity (Wildman–Crippen MR) is 64.0 cm³/mol. The molecule has 0 rings (SSSR count). The number of amides is 1. The molecule has 0 aliphatic rings. The van der Waals surface area contributed by atoms with Crippen molar-refractivity contribution in [3.63, 3.8) is 0 Å². The first-order valence-electron chi connectivity index (χ1n) is 5.69. The summed E-state index contributed by atoms with van der Waals surface area (Å²) in [6.07, 6.45) is 0.00423. The number of hydrogen-bond donors (Lipinski definition) is 3. The zero-order valence-corrected chi connectivity index (χ0v) is 10.9. The molecule has 0 fully saturated rings. The Labute approximate surface area is 102 Å². The summed E-state index contributed by atoms with van der Waals surface area (Å²) >= 11 is 0. The smallest absolute Gasteiger partial charge is 0.407 e. The third kappa shape index (κ3) is 8.50. The Bertz CT molecular complexity index is 261. The van der Waals surface area contributed by atoms with Crippen molar-refractivity contribution < 1.29 is 19.4 Å². The van der Waals surface area contributed by atoms with Gasteiger partial charge in [-0.05, 0) is 27.2 Å². The number of alkyl carbamates (subject to hydrolysis) is 1. The van der Waals surface area contributed by atoms with Crippen LogP contribution in [0.1, 0.15) is 34.1 Å². The van der Waals surface area contributed by atoms with Crippen molar-refractivity contribution in [3.8, 4) is 0 Å². The lowest BCUT2D eigenvalue weighted by Crippen LogP contribution is -2.42. The first kappa shape index (κ1) is 15.7. The quantitative estimate of drug-likeness (QED) is 0.608. The highest BCUT2D eigenvalue weighted by Crippen LogP contribution is 2.05. The van der Waals surface area contributed by atoms with Gasteiger partial charge in [-0.15, -0.1) is 0 Å². The fourth-order valence-corrected chi connectivity index (χ4v) is 1.13. The molecule has 1 amide bonds. The number of hydrogen-bond acceptors (Lipinski definition) is 4. The molecule has 6 nitrogen and oxygen atoms in total. The summed E-state index contributed by atoms with van der Waals surface area (Å²) in [4.78, 5) is 21.9. The summed E-state index contributed by atoms with van der Waals surface area (Å²) in [6, 6.07) is -0.574. The third-order valence-electron chi connectivity index (χ3n) is 1.89. The average molecular weight is 246 g/mol. The molecule has 0 aliphatic carbocycles. The van der Waals surface area contributed by atoms with E-state index in [0.717, 1.165) is 0 Å². The zero-order valence-electron chi connectivity index (χ0n) is 10.9. The van der Waals surface area contributed by atoms with Gasteiger partial charge in [-0.1, -0.05) is 6.92 Å². The van der Waals surface area contributed by atoms with Gasteiger partial charge in [0.2, 0.25) is 0 Å². The van der Waals surface area contributed by atoms with Crippen LogP contribution in [0.3, 0.4) is 0 Å². The van der Waals surface area contributed by atoms with Crippen molar-refractivity contribution >= 4 is 12.1 Å². The standard InChI is InChI=1S/C11H22N2O4/c1-5-8(9(14)15)12-6-7-13-10(16)17-11(2,3)4/h8,12H,5-7H2,1-4H3,(H,13,16)(H,14,15). The lowest BCUT2D eigenvalue weighted by Gasteiger charge is -2.20. The second-order valence-corrected chi connectivity index (χ2v) is 4.68. The van der Waals surface area contributed by atoms with Crippen LogP contribution in [0.4, 0.5) is 4.79 Å². The van der Waals surface area contributed by atoms with E-state index in [1.807, 2.05) is 0 Å². The van der Waals surface area contributed by atoms with Crippen LogP contribution in [0.15, 0.2) is 0 Å². The van der Waals surface area contributed by atoms with Crippen LogP contribution >= 0.6 is 0 Å². The van der Waals surface area contributed by atoms with Crippen molar-refractivity contribution in [2.24, 2.45) is 0 Å². The highest BCUT2D eigenvalue weighted by molar-refractivity contribution is 5.73. The van der Waals surface area contributed by atoms with Crippen molar-refractivity contribution in [1.29, 1.82) is 0 Å². The van der Waals surface area contributed by atoms with Gasteiger partial charge in [0.15, 0.2) is 0 Å². The number of aliphatic carboxylic acids is 1. The molecule has 3 N–H and O–H groups in total. The molecule has 0 saturated heterocycles. The average Bonchev–Trinajstić information content (AvgIpc) is 2.14. The molecule has 0 bridgehead atoms. The lowest BCUT2D eigenvalue weighted by molar-refractivity contribution is -0.139. The molecule has 6 heteroatoms. The summed E-state index contributed by atoms with van der Waals surface area (Å²) in [6.45, 7) is 7.85. The predicted octanol–water partition coefficient (Wildman–Crippen LogP) is 0.964. The summed E-state index contributed by atoms with van der Waals surface area (Å²) in [5.41, 5.74) is -0.523. The Kier molecular flexibility index (Phi) is 6.57. The number of rotatable bonds is 6. The van der Waals surface area contributed by atoms with Gasteiger partial charge in [-0.3, -0.25) is 4.79 Å². The Morgan fingerprint density at radius 1 is 1.29 bits per heavy atom. The van der Waals surface area contributed by atoms with Crippen LogP contribution < -0.4 is 10.6 Å². The maximum Gasteiger partial charge on any atom is 0.407 e. The van der Waals surface area contributed by atoms with Gasteiger partial charge < -0.3 is 20.5 Å². The van der Waals surface area contributed by atoms with Crippen LogP contribution in [0, 0.1) is 0 Å². The molecule has 0 aromatic carbocycles. The molecule has 0 radical (unpaired) electrons. The largest absolute Gasteiger partial charge is 0.480 e. The van der Waals surface area contributed by atoms with E-state index in [0.29, 0.717) is 19.5 Å². The van der Waals surface area contributed by atoms with Gasteiger partial charge in [0, 0.05) is 13.1 Å². The monoisotopic (exact) mass is 246 g/mol. The van der Waals surface area contributed by atoms with E-state index >= 15 is 0 Å². The van der Waals surface area contributed by atoms with E-state index in [9.17, 15) is 9.59 Å². The first-order chi connectivity index (χ1) is 7.76.